The van der Waals surface area contributed by atoms with Crippen molar-refractivity contribution in [3.05, 3.63) is 34.9 Å². The molecular weight excluding hydrogens is 248 g/mol. The molecule has 1 aromatic rings. The van der Waals surface area contributed by atoms with Crippen molar-refractivity contribution in [2.75, 3.05) is 7.11 Å². The maximum Gasteiger partial charge on any atom is 0.305 e. The van der Waals surface area contributed by atoms with E-state index in [1.807, 2.05) is 12.1 Å². The molecule has 18 heavy (non-hydrogen) atoms. The van der Waals surface area contributed by atoms with Crippen LogP contribution in [0, 0.1) is 5.92 Å². The molecule has 0 bridgehead atoms. The minimum Gasteiger partial charge on any atom is -0.469 e. The molecule has 0 heterocycles. The van der Waals surface area contributed by atoms with Gasteiger partial charge in [0.05, 0.1) is 7.11 Å². The summed E-state index contributed by atoms with van der Waals surface area (Å²) < 4.78 is 4.80. The predicted molar refractivity (Wildman–Crippen MR) is 72.8 cm³/mol. The fourth-order valence-electron chi connectivity index (χ4n) is 2.90. The molecule has 2 unspecified atom stereocenters. The number of hydrogen-bond acceptors (Lipinski definition) is 2. The van der Waals surface area contributed by atoms with Crippen LogP contribution < -0.4 is 0 Å². The third kappa shape index (κ3) is 3.26. The number of halogens is 1. The van der Waals surface area contributed by atoms with Crippen LogP contribution in [0.5, 0.6) is 0 Å². The maximum atomic E-state index is 11.5. The molecule has 1 aliphatic carbocycles. The highest BCUT2D eigenvalue weighted by molar-refractivity contribution is 6.30. The number of ether oxygens (including phenoxy) is 1. The van der Waals surface area contributed by atoms with E-state index in [0.29, 0.717) is 18.3 Å². The summed E-state index contributed by atoms with van der Waals surface area (Å²) in [4.78, 5) is 11.5. The van der Waals surface area contributed by atoms with E-state index in [9.17, 15) is 4.79 Å². The van der Waals surface area contributed by atoms with Crippen LogP contribution in [0.3, 0.4) is 0 Å². The first-order valence-corrected chi connectivity index (χ1v) is 6.91. The highest BCUT2D eigenvalue weighted by Crippen LogP contribution is 2.39. The number of carbonyl (C=O) groups excluding carboxylic acids is 1. The fraction of sp³-hybridized carbons (Fsp3) is 0.533. The molecule has 0 radical (unpaired) electrons. The molecule has 1 saturated carbocycles. The average molecular weight is 267 g/mol. The van der Waals surface area contributed by atoms with Gasteiger partial charge in [0, 0.05) is 11.4 Å². The Balaban J connectivity index is 2.12. The van der Waals surface area contributed by atoms with Crippen LogP contribution in [0.25, 0.3) is 0 Å². The van der Waals surface area contributed by atoms with E-state index in [1.54, 1.807) is 0 Å². The van der Waals surface area contributed by atoms with Crippen molar-refractivity contribution < 1.29 is 9.53 Å². The number of methoxy groups -OCH3 is 1. The zero-order chi connectivity index (χ0) is 13.0. The van der Waals surface area contributed by atoms with Gasteiger partial charge in [-0.15, -0.1) is 0 Å². The minimum absolute atomic E-state index is 0.0964. The first-order chi connectivity index (χ1) is 8.70. The molecule has 0 N–H and O–H groups in total. The highest BCUT2D eigenvalue weighted by atomic mass is 35.5. The van der Waals surface area contributed by atoms with Crippen molar-refractivity contribution in [2.24, 2.45) is 5.92 Å². The lowest BCUT2D eigenvalue weighted by Gasteiger charge is -2.31. The van der Waals surface area contributed by atoms with Gasteiger partial charge in [-0.25, -0.2) is 0 Å². The number of esters is 1. The lowest BCUT2D eigenvalue weighted by Crippen LogP contribution is -2.21. The lowest BCUT2D eigenvalue weighted by molar-refractivity contribution is -0.142. The van der Waals surface area contributed by atoms with Crippen LogP contribution in [0.1, 0.15) is 43.6 Å². The molecule has 2 nitrogen and oxygen atoms in total. The second kappa shape index (κ2) is 6.24. The van der Waals surface area contributed by atoms with Crippen LogP contribution in [0.2, 0.25) is 5.02 Å². The molecule has 98 valence electrons. The van der Waals surface area contributed by atoms with Crippen LogP contribution >= 0.6 is 11.6 Å². The van der Waals surface area contributed by atoms with Crippen LogP contribution in [-0.2, 0) is 9.53 Å². The van der Waals surface area contributed by atoms with E-state index < -0.39 is 0 Å². The lowest BCUT2D eigenvalue weighted by atomic mass is 9.74. The Morgan fingerprint density at radius 1 is 1.28 bits per heavy atom. The molecule has 3 heteroatoms. The summed E-state index contributed by atoms with van der Waals surface area (Å²) in [6, 6.07) is 8.03. The molecular formula is C15H19ClO2. The largest absolute Gasteiger partial charge is 0.469 e. The summed E-state index contributed by atoms with van der Waals surface area (Å²) in [5, 5.41) is 0.763. The minimum atomic E-state index is -0.0964. The van der Waals surface area contributed by atoms with Crippen LogP contribution in [-0.4, -0.2) is 13.1 Å². The Kier molecular flexibility index (Phi) is 4.65. The van der Waals surface area contributed by atoms with E-state index in [0.717, 1.165) is 17.9 Å². The first kappa shape index (κ1) is 13.4. The standard InChI is InChI=1S/C15H19ClO2/c1-18-15(17)10-12-4-2-3-5-14(12)11-6-8-13(16)9-7-11/h6-9,12,14H,2-5,10H2,1H3. The van der Waals surface area contributed by atoms with Crippen LogP contribution in [0.4, 0.5) is 0 Å². The van der Waals surface area contributed by atoms with E-state index in [2.05, 4.69) is 12.1 Å². The Hall–Kier alpha value is -1.02. The number of carbonyl (C=O) groups is 1. The zero-order valence-corrected chi connectivity index (χ0v) is 11.5. The van der Waals surface area contributed by atoms with Crippen molar-refractivity contribution >= 4 is 17.6 Å². The first-order valence-electron chi connectivity index (χ1n) is 6.53. The summed E-state index contributed by atoms with van der Waals surface area (Å²) in [6.45, 7) is 0. The van der Waals surface area contributed by atoms with Gasteiger partial charge < -0.3 is 4.74 Å². The molecule has 0 saturated heterocycles. The van der Waals surface area contributed by atoms with Crippen molar-refractivity contribution in [1.29, 1.82) is 0 Å². The molecule has 2 atom stereocenters. The van der Waals surface area contributed by atoms with E-state index in [-0.39, 0.29) is 5.97 Å². The summed E-state index contributed by atoms with van der Waals surface area (Å²) in [5.41, 5.74) is 1.30. The maximum absolute atomic E-state index is 11.5. The van der Waals surface area contributed by atoms with Crippen molar-refractivity contribution in [3.63, 3.8) is 0 Å². The molecule has 0 aromatic heterocycles. The molecule has 2 rings (SSSR count). The van der Waals surface area contributed by atoms with Gasteiger partial charge in [-0.05, 0) is 42.4 Å². The van der Waals surface area contributed by atoms with Gasteiger partial charge in [0.1, 0.15) is 0 Å². The third-order valence-corrected chi connectivity index (χ3v) is 4.12. The van der Waals surface area contributed by atoms with Gasteiger partial charge in [-0.3, -0.25) is 4.79 Å². The summed E-state index contributed by atoms with van der Waals surface area (Å²) in [5.74, 6) is 0.781. The second-order valence-corrected chi connectivity index (χ2v) is 5.42. The molecule has 0 aliphatic heterocycles. The topological polar surface area (TPSA) is 26.3 Å². The third-order valence-electron chi connectivity index (χ3n) is 3.86. The van der Waals surface area contributed by atoms with Crippen molar-refractivity contribution in [3.8, 4) is 0 Å². The second-order valence-electron chi connectivity index (χ2n) is 4.98. The Bertz CT molecular complexity index is 399. The fourth-order valence-corrected chi connectivity index (χ4v) is 3.02. The predicted octanol–water partition coefficient (Wildman–Crippen LogP) is 4.18. The smallest absolute Gasteiger partial charge is 0.305 e. The van der Waals surface area contributed by atoms with Gasteiger partial charge in [-0.2, -0.15) is 0 Å². The zero-order valence-electron chi connectivity index (χ0n) is 10.7. The quantitative estimate of drug-likeness (QED) is 0.768. The molecule has 1 fully saturated rings. The normalized spacial score (nSPS) is 23.7. The number of benzene rings is 1. The Labute approximate surface area is 113 Å². The van der Waals surface area contributed by atoms with Gasteiger partial charge >= 0.3 is 5.97 Å². The van der Waals surface area contributed by atoms with Gasteiger partial charge in [0.2, 0.25) is 0 Å². The van der Waals surface area contributed by atoms with E-state index in [4.69, 9.17) is 16.3 Å². The number of hydrogen-bond donors (Lipinski definition) is 0. The van der Waals surface area contributed by atoms with Crippen molar-refractivity contribution in [2.45, 2.75) is 38.0 Å². The van der Waals surface area contributed by atoms with E-state index >= 15 is 0 Å². The monoisotopic (exact) mass is 266 g/mol. The Morgan fingerprint density at radius 2 is 1.94 bits per heavy atom. The molecule has 0 amide bonds. The SMILES string of the molecule is COC(=O)CC1CCCCC1c1ccc(Cl)cc1. The summed E-state index contributed by atoms with van der Waals surface area (Å²) >= 11 is 5.92. The average Bonchev–Trinajstić information content (AvgIpc) is 2.40. The summed E-state index contributed by atoms with van der Waals surface area (Å²) in [6.07, 6.45) is 5.26. The van der Waals surface area contributed by atoms with Gasteiger partial charge in [0.15, 0.2) is 0 Å². The molecule has 0 spiro atoms. The highest BCUT2D eigenvalue weighted by Gasteiger charge is 2.28. The van der Waals surface area contributed by atoms with Crippen LogP contribution in [0.15, 0.2) is 24.3 Å². The van der Waals surface area contributed by atoms with Gasteiger partial charge in [-0.1, -0.05) is 36.6 Å². The molecule has 1 aliphatic rings. The Morgan fingerprint density at radius 3 is 2.61 bits per heavy atom. The van der Waals surface area contributed by atoms with Crippen molar-refractivity contribution in [1.82, 2.24) is 0 Å². The number of rotatable bonds is 3. The van der Waals surface area contributed by atoms with E-state index in [1.165, 1.54) is 25.5 Å². The molecule has 1 aromatic carbocycles. The van der Waals surface area contributed by atoms with Gasteiger partial charge in [0.25, 0.3) is 0 Å². The summed E-state index contributed by atoms with van der Waals surface area (Å²) in [7, 11) is 1.46.